The number of amides is 1. The molecule has 1 aromatic heterocycles. The van der Waals surface area contributed by atoms with Crippen molar-refractivity contribution in [1.82, 2.24) is 25.9 Å². The van der Waals surface area contributed by atoms with E-state index in [-0.39, 0.29) is 23.8 Å². The number of aromatic amines is 1. The third kappa shape index (κ3) is 4.20. The zero-order valence-corrected chi connectivity index (χ0v) is 18.1. The van der Waals surface area contributed by atoms with E-state index in [1.807, 2.05) is 25.2 Å². The number of carbonyl (C=O) groups is 1. The Kier molecular flexibility index (Phi) is 6.20. The second-order valence-electron chi connectivity index (χ2n) is 7.70. The lowest BCUT2D eigenvalue weighted by Gasteiger charge is -2.34. The largest absolute Gasteiger partial charge is 0.495 e. The fraction of sp³-hybridized carbons (Fsp3) is 0.364. The second-order valence-corrected chi connectivity index (χ2v) is 7.70. The number of ether oxygens (including phenoxy) is 2. The lowest BCUT2D eigenvalue weighted by molar-refractivity contribution is 0.165. The van der Waals surface area contributed by atoms with Crippen LogP contribution >= 0.6 is 0 Å². The molecular weight excluding hydrogens is 415 g/mol. The highest BCUT2D eigenvalue weighted by molar-refractivity contribution is 5.70. The van der Waals surface area contributed by atoms with Gasteiger partial charge in [-0.3, -0.25) is 0 Å². The number of hydrogen-bond acceptors (Lipinski definition) is 7. The molecule has 0 bridgehead atoms. The average molecular weight is 440 g/mol. The third-order valence-electron chi connectivity index (χ3n) is 6.02. The van der Waals surface area contributed by atoms with Gasteiger partial charge in [-0.15, -0.1) is 10.2 Å². The third-order valence-corrected chi connectivity index (χ3v) is 6.02. The molecule has 9 nitrogen and oxygen atoms in total. The van der Waals surface area contributed by atoms with Crippen LogP contribution in [0.15, 0.2) is 42.5 Å². The lowest BCUT2D eigenvalue weighted by atomic mass is 9.90. The van der Waals surface area contributed by atoms with Crippen LogP contribution in [0.4, 0.5) is 14.9 Å². The number of alkyl carbamates (subject to hydrolysis) is 1. The van der Waals surface area contributed by atoms with Crippen LogP contribution < -0.4 is 15.0 Å². The molecule has 1 aliphatic carbocycles. The molecule has 2 aromatic carbocycles. The number of carbonyl (C=O) groups excluding carboxylic acids is 1. The number of nitrogens with one attached hydrogen (secondary N) is 2. The van der Waals surface area contributed by atoms with E-state index in [4.69, 9.17) is 9.47 Å². The first-order valence-corrected chi connectivity index (χ1v) is 10.3. The minimum atomic E-state index is -0.484. The smallest absolute Gasteiger partial charge is 0.407 e. The molecule has 2 N–H and O–H groups in total. The number of aromatic nitrogens is 4. The van der Waals surface area contributed by atoms with Gasteiger partial charge in [0.25, 0.3) is 0 Å². The molecule has 3 atom stereocenters. The quantitative estimate of drug-likeness (QED) is 0.607. The van der Waals surface area contributed by atoms with Gasteiger partial charge < -0.3 is 19.7 Å². The van der Waals surface area contributed by atoms with Crippen LogP contribution in [-0.2, 0) is 4.74 Å². The summed E-state index contributed by atoms with van der Waals surface area (Å²) in [7, 11) is 4.95. The van der Waals surface area contributed by atoms with E-state index in [1.165, 1.54) is 19.2 Å². The summed E-state index contributed by atoms with van der Waals surface area (Å²) in [6.45, 7) is 0. The highest BCUT2D eigenvalue weighted by atomic mass is 19.1. The maximum Gasteiger partial charge on any atom is 0.407 e. The number of H-pyrrole nitrogens is 1. The predicted molar refractivity (Wildman–Crippen MR) is 116 cm³/mol. The van der Waals surface area contributed by atoms with E-state index in [1.54, 1.807) is 19.2 Å². The number of methoxy groups -OCH3 is 2. The minimum Gasteiger partial charge on any atom is -0.495 e. The van der Waals surface area contributed by atoms with Crippen molar-refractivity contribution in [3.63, 3.8) is 0 Å². The summed E-state index contributed by atoms with van der Waals surface area (Å²) < 4.78 is 24.0. The number of benzene rings is 2. The van der Waals surface area contributed by atoms with E-state index >= 15 is 0 Å². The summed E-state index contributed by atoms with van der Waals surface area (Å²) >= 11 is 0. The molecule has 0 saturated heterocycles. The minimum absolute atomic E-state index is 0.0111. The first-order valence-electron chi connectivity index (χ1n) is 10.3. The fourth-order valence-electron chi connectivity index (χ4n) is 4.49. The summed E-state index contributed by atoms with van der Waals surface area (Å²) in [6, 6.07) is 12.0. The number of likely N-dealkylation sites (N-methyl/N-ethyl adjacent to an activating group) is 1. The number of halogens is 1. The van der Waals surface area contributed by atoms with Crippen molar-refractivity contribution in [2.75, 3.05) is 26.2 Å². The number of tetrazole rings is 1. The van der Waals surface area contributed by atoms with Gasteiger partial charge in [-0.05, 0) is 54.0 Å². The Bertz CT molecular complexity index is 1060. The molecule has 1 heterocycles. The molecule has 0 aliphatic heterocycles. The van der Waals surface area contributed by atoms with Gasteiger partial charge in [-0.25, -0.2) is 9.18 Å². The van der Waals surface area contributed by atoms with Gasteiger partial charge in [-0.1, -0.05) is 12.1 Å². The van der Waals surface area contributed by atoms with Gasteiger partial charge in [0.05, 0.1) is 19.9 Å². The summed E-state index contributed by atoms with van der Waals surface area (Å²) in [5, 5.41) is 17.2. The van der Waals surface area contributed by atoms with Gasteiger partial charge in [0.2, 0.25) is 5.82 Å². The lowest BCUT2D eigenvalue weighted by Crippen LogP contribution is -2.42. The van der Waals surface area contributed by atoms with E-state index < -0.39 is 6.09 Å². The summed E-state index contributed by atoms with van der Waals surface area (Å²) in [6.07, 6.45) is 1.07. The number of nitrogens with zero attached hydrogens (tertiary/aromatic N) is 4. The number of rotatable bonds is 6. The Morgan fingerprint density at radius 2 is 1.97 bits per heavy atom. The molecule has 1 saturated carbocycles. The average Bonchev–Trinajstić information content (AvgIpc) is 3.49. The first kappa shape index (κ1) is 21.5. The topological polar surface area (TPSA) is 105 Å². The highest BCUT2D eigenvalue weighted by Crippen LogP contribution is 2.42. The highest BCUT2D eigenvalue weighted by Gasteiger charge is 2.41. The van der Waals surface area contributed by atoms with Gasteiger partial charge in [-0.2, -0.15) is 5.21 Å². The van der Waals surface area contributed by atoms with Gasteiger partial charge in [0.1, 0.15) is 11.6 Å². The predicted octanol–water partition coefficient (Wildman–Crippen LogP) is 3.12. The van der Waals surface area contributed by atoms with Crippen molar-refractivity contribution >= 4 is 11.8 Å². The fourth-order valence-corrected chi connectivity index (χ4v) is 4.49. The molecule has 1 aliphatic rings. The van der Waals surface area contributed by atoms with Crippen molar-refractivity contribution in [3.8, 4) is 17.1 Å². The van der Waals surface area contributed by atoms with Crippen molar-refractivity contribution in [2.24, 2.45) is 0 Å². The van der Waals surface area contributed by atoms with Crippen molar-refractivity contribution in [3.05, 3.63) is 53.8 Å². The maximum atomic E-state index is 13.6. The molecule has 0 spiro atoms. The van der Waals surface area contributed by atoms with Crippen LogP contribution in [-0.4, -0.2) is 60.1 Å². The molecule has 1 fully saturated rings. The van der Waals surface area contributed by atoms with Crippen LogP contribution in [0.1, 0.15) is 24.3 Å². The van der Waals surface area contributed by atoms with Gasteiger partial charge in [0.15, 0.2) is 0 Å². The first-order chi connectivity index (χ1) is 15.5. The molecule has 0 unspecified atom stereocenters. The molecule has 168 valence electrons. The normalized spacial score (nSPS) is 20.1. The van der Waals surface area contributed by atoms with Crippen LogP contribution in [0.25, 0.3) is 11.4 Å². The Hall–Kier alpha value is -3.69. The van der Waals surface area contributed by atoms with Crippen LogP contribution in [0.2, 0.25) is 0 Å². The Morgan fingerprint density at radius 1 is 1.19 bits per heavy atom. The molecule has 0 radical (unpaired) electrons. The molecular formula is C22H25FN6O3. The molecule has 3 aromatic rings. The summed E-state index contributed by atoms with van der Waals surface area (Å²) in [5.41, 5.74) is 2.59. The van der Waals surface area contributed by atoms with Gasteiger partial charge >= 0.3 is 6.09 Å². The Labute approximate surface area is 184 Å². The summed E-state index contributed by atoms with van der Waals surface area (Å²) in [4.78, 5) is 14.1. The van der Waals surface area contributed by atoms with Crippen molar-refractivity contribution in [2.45, 2.75) is 30.8 Å². The van der Waals surface area contributed by atoms with Crippen LogP contribution in [0.3, 0.4) is 0 Å². The van der Waals surface area contributed by atoms with E-state index in [2.05, 4.69) is 30.8 Å². The van der Waals surface area contributed by atoms with Crippen molar-refractivity contribution < 1.29 is 18.7 Å². The van der Waals surface area contributed by atoms with Crippen LogP contribution in [0, 0.1) is 5.82 Å². The number of anilines is 1. The molecule has 32 heavy (non-hydrogen) atoms. The zero-order valence-electron chi connectivity index (χ0n) is 18.1. The van der Waals surface area contributed by atoms with E-state index in [0.29, 0.717) is 11.6 Å². The monoisotopic (exact) mass is 440 g/mol. The molecule has 1 amide bonds. The Balaban J connectivity index is 1.71. The SMILES string of the molecule is COC(=O)N[C@H]1CC[C@H](N(C)c2cc(-c3nn[nH]n3)ccc2OC)[C@H]1c1ccc(F)cc1. The molecule has 10 heteroatoms. The Morgan fingerprint density at radius 3 is 2.62 bits per heavy atom. The van der Waals surface area contributed by atoms with Crippen LogP contribution in [0.5, 0.6) is 5.75 Å². The zero-order chi connectivity index (χ0) is 22.7. The second kappa shape index (κ2) is 9.21. The van der Waals surface area contributed by atoms with E-state index in [9.17, 15) is 9.18 Å². The van der Waals surface area contributed by atoms with Gasteiger partial charge in [0, 0.05) is 30.6 Å². The molecule has 4 rings (SSSR count). The van der Waals surface area contributed by atoms with E-state index in [0.717, 1.165) is 29.7 Å². The summed E-state index contributed by atoms with van der Waals surface area (Å²) in [5.74, 6) is 0.790. The standard InChI is InChI=1S/C22H25FN6O3/c1-29(18-12-14(6-11-19(18)31-2)21-25-27-28-26-21)17-10-9-16(24-22(30)32-3)20(17)13-4-7-15(23)8-5-13/h4-8,11-12,16-17,20H,9-10H2,1-3H3,(H,24,30)(H,25,26,27,28)/t16-,17-,20-/m0/s1. The van der Waals surface area contributed by atoms with Crippen molar-refractivity contribution in [1.29, 1.82) is 0 Å². The number of hydrogen-bond donors (Lipinski definition) is 2. The maximum absolute atomic E-state index is 13.6.